The van der Waals surface area contributed by atoms with E-state index in [1.54, 1.807) is 6.07 Å². The van der Waals surface area contributed by atoms with Gasteiger partial charge in [0.25, 0.3) is 5.91 Å². The summed E-state index contributed by atoms with van der Waals surface area (Å²) in [5.74, 6) is -0.0855. The zero-order valence-corrected chi connectivity index (χ0v) is 11.5. The molecule has 1 aromatic carbocycles. The number of para-hydroxylation sites is 1. The molecular weight excluding hydrogens is 318 g/mol. The Bertz CT molecular complexity index is 583. The number of hydrogen-bond acceptors (Lipinski definition) is 3. The summed E-state index contributed by atoms with van der Waals surface area (Å²) in [6.45, 7) is 0. The van der Waals surface area contributed by atoms with Crippen LogP contribution >= 0.6 is 27.5 Å². The summed E-state index contributed by atoms with van der Waals surface area (Å²) in [6.07, 6.45) is 0. The Morgan fingerprint density at radius 2 is 2.06 bits per heavy atom. The van der Waals surface area contributed by atoms with Gasteiger partial charge in [0.2, 0.25) is 0 Å². The Labute approximate surface area is 117 Å². The predicted molar refractivity (Wildman–Crippen MR) is 75.8 cm³/mol. The van der Waals surface area contributed by atoms with E-state index >= 15 is 0 Å². The summed E-state index contributed by atoms with van der Waals surface area (Å²) in [4.78, 5) is 15.8. The van der Waals surface area contributed by atoms with E-state index in [1.807, 2.05) is 18.2 Å². The summed E-state index contributed by atoms with van der Waals surface area (Å²) in [5, 5.41) is 2.94. The molecule has 1 heterocycles. The number of nitrogens with zero attached hydrogens (tertiary/aromatic N) is 1. The van der Waals surface area contributed by atoms with Gasteiger partial charge in [0, 0.05) is 10.0 Å². The largest absolute Gasteiger partial charge is 0.384 e. The molecule has 2 aromatic rings. The van der Waals surface area contributed by atoms with Gasteiger partial charge in [-0.15, -0.1) is 0 Å². The number of hydrogen-bond donors (Lipinski definition) is 2. The predicted octanol–water partition coefficient (Wildman–Crippen LogP) is 3.33. The average Bonchev–Trinajstić information content (AvgIpc) is 2.31. The zero-order chi connectivity index (χ0) is 13.1. The third-order valence-electron chi connectivity index (χ3n) is 2.20. The molecule has 0 aliphatic heterocycles. The number of nitrogen functional groups attached to an aromatic ring is 1. The van der Waals surface area contributed by atoms with Gasteiger partial charge in [-0.25, -0.2) is 4.98 Å². The van der Waals surface area contributed by atoms with Crippen molar-refractivity contribution in [2.24, 2.45) is 0 Å². The van der Waals surface area contributed by atoms with Crippen molar-refractivity contribution in [1.29, 1.82) is 0 Å². The number of benzene rings is 1. The maximum Gasteiger partial charge on any atom is 0.255 e. The lowest BCUT2D eigenvalue weighted by Crippen LogP contribution is -2.13. The van der Waals surface area contributed by atoms with Crippen molar-refractivity contribution in [3.8, 4) is 0 Å². The molecule has 4 nitrogen and oxygen atoms in total. The van der Waals surface area contributed by atoms with Crippen molar-refractivity contribution in [3.63, 3.8) is 0 Å². The van der Waals surface area contributed by atoms with E-state index in [0.717, 1.165) is 4.47 Å². The van der Waals surface area contributed by atoms with Gasteiger partial charge in [0.15, 0.2) is 0 Å². The van der Waals surface area contributed by atoms with Crippen molar-refractivity contribution in [2.45, 2.75) is 0 Å². The fraction of sp³-hybridized carbons (Fsp3) is 0. The van der Waals surface area contributed by atoms with E-state index in [-0.39, 0.29) is 16.9 Å². The number of anilines is 2. The molecule has 0 atom stereocenters. The Kier molecular flexibility index (Phi) is 3.84. The quantitative estimate of drug-likeness (QED) is 0.832. The lowest BCUT2D eigenvalue weighted by atomic mass is 10.2. The van der Waals surface area contributed by atoms with Crippen molar-refractivity contribution >= 4 is 44.9 Å². The fourth-order valence-electron chi connectivity index (χ4n) is 1.41. The summed E-state index contributed by atoms with van der Waals surface area (Å²) < 4.78 is 0.798. The van der Waals surface area contributed by atoms with Crippen LogP contribution in [-0.2, 0) is 0 Å². The van der Waals surface area contributed by atoms with Gasteiger partial charge < -0.3 is 11.1 Å². The molecule has 0 aliphatic rings. The summed E-state index contributed by atoms with van der Waals surface area (Å²) in [7, 11) is 0. The number of halogens is 2. The van der Waals surface area contributed by atoms with E-state index in [4.69, 9.17) is 17.3 Å². The lowest BCUT2D eigenvalue weighted by molar-refractivity contribution is 0.102. The minimum atomic E-state index is -0.294. The van der Waals surface area contributed by atoms with Gasteiger partial charge in [0.05, 0.1) is 5.69 Å². The molecule has 0 fully saturated rings. The number of rotatable bonds is 2. The highest BCUT2D eigenvalue weighted by atomic mass is 79.9. The molecule has 1 amide bonds. The van der Waals surface area contributed by atoms with Crippen LogP contribution < -0.4 is 11.1 Å². The van der Waals surface area contributed by atoms with Gasteiger partial charge in [-0.2, -0.15) is 0 Å². The van der Waals surface area contributed by atoms with Gasteiger partial charge in [-0.1, -0.05) is 23.7 Å². The maximum absolute atomic E-state index is 12.0. The summed E-state index contributed by atoms with van der Waals surface area (Å²) >= 11 is 9.10. The van der Waals surface area contributed by atoms with Crippen molar-refractivity contribution in [2.75, 3.05) is 11.1 Å². The molecule has 0 spiro atoms. The molecule has 92 valence electrons. The van der Waals surface area contributed by atoms with E-state index in [1.165, 1.54) is 12.1 Å². The number of nitrogens with one attached hydrogen (secondary N) is 1. The number of aromatic nitrogens is 1. The highest BCUT2D eigenvalue weighted by Crippen LogP contribution is 2.22. The second kappa shape index (κ2) is 5.37. The highest BCUT2D eigenvalue weighted by molar-refractivity contribution is 9.10. The molecule has 0 bridgehead atoms. The van der Waals surface area contributed by atoms with E-state index in [0.29, 0.717) is 11.3 Å². The molecule has 2 rings (SSSR count). The summed E-state index contributed by atoms with van der Waals surface area (Å²) in [5.41, 5.74) is 6.57. The number of carbonyl (C=O) groups is 1. The first-order chi connectivity index (χ1) is 8.56. The number of carbonyl (C=O) groups excluding carboxylic acids is 1. The Morgan fingerprint density at radius 1 is 1.33 bits per heavy atom. The molecule has 0 unspecified atom stereocenters. The first-order valence-electron chi connectivity index (χ1n) is 5.05. The van der Waals surface area contributed by atoms with Crippen LogP contribution in [0.4, 0.5) is 11.5 Å². The van der Waals surface area contributed by atoms with Crippen molar-refractivity contribution in [3.05, 3.63) is 51.6 Å². The van der Waals surface area contributed by atoms with Crippen LogP contribution in [0.3, 0.4) is 0 Å². The van der Waals surface area contributed by atoms with Gasteiger partial charge in [-0.05, 0) is 40.2 Å². The number of amides is 1. The zero-order valence-electron chi connectivity index (χ0n) is 9.15. The van der Waals surface area contributed by atoms with Crippen LogP contribution in [0.25, 0.3) is 0 Å². The molecule has 0 saturated heterocycles. The van der Waals surface area contributed by atoms with E-state index in [9.17, 15) is 4.79 Å². The third kappa shape index (κ3) is 3.00. The van der Waals surface area contributed by atoms with Gasteiger partial charge in [0.1, 0.15) is 11.0 Å². The fourth-order valence-corrected chi connectivity index (χ4v) is 2.00. The molecular formula is C12H9BrClN3O. The Hall–Kier alpha value is -1.59. The highest BCUT2D eigenvalue weighted by Gasteiger charge is 2.10. The Morgan fingerprint density at radius 3 is 2.72 bits per heavy atom. The molecule has 0 saturated carbocycles. The van der Waals surface area contributed by atoms with Crippen LogP contribution in [0.15, 0.2) is 40.9 Å². The molecule has 18 heavy (non-hydrogen) atoms. The molecule has 6 heteroatoms. The van der Waals surface area contributed by atoms with Crippen molar-refractivity contribution in [1.82, 2.24) is 4.98 Å². The monoisotopic (exact) mass is 325 g/mol. The van der Waals surface area contributed by atoms with Crippen molar-refractivity contribution < 1.29 is 4.79 Å². The average molecular weight is 327 g/mol. The van der Waals surface area contributed by atoms with E-state index in [2.05, 4.69) is 26.2 Å². The molecule has 0 aliphatic carbocycles. The van der Waals surface area contributed by atoms with Crippen LogP contribution in [0.5, 0.6) is 0 Å². The topological polar surface area (TPSA) is 68.0 Å². The lowest BCUT2D eigenvalue weighted by Gasteiger charge is -2.07. The first-order valence-corrected chi connectivity index (χ1v) is 6.22. The first kappa shape index (κ1) is 12.9. The van der Waals surface area contributed by atoms with Crippen LogP contribution in [0.2, 0.25) is 5.15 Å². The third-order valence-corrected chi connectivity index (χ3v) is 3.08. The van der Waals surface area contributed by atoms with Gasteiger partial charge in [-0.3, -0.25) is 4.79 Å². The maximum atomic E-state index is 12.0. The van der Waals surface area contributed by atoms with Gasteiger partial charge >= 0.3 is 0 Å². The number of pyridine rings is 1. The summed E-state index contributed by atoms with van der Waals surface area (Å²) in [6, 6.07) is 10.2. The van der Waals surface area contributed by atoms with Crippen LogP contribution in [-0.4, -0.2) is 10.9 Å². The molecule has 0 radical (unpaired) electrons. The van der Waals surface area contributed by atoms with E-state index < -0.39 is 0 Å². The second-order valence-electron chi connectivity index (χ2n) is 3.54. The van der Waals surface area contributed by atoms with Crippen LogP contribution in [0, 0.1) is 0 Å². The smallest absolute Gasteiger partial charge is 0.255 e. The molecule has 1 aromatic heterocycles. The molecule has 3 N–H and O–H groups in total. The SMILES string of the molecule is Nc1cc(C(=O)Nc2ccccc2Br)cc(Cl)n1. The minimum absolute atomic E-state index is 0.187. The minimum Gasteiger partial charge on any atom is -0.384 e. The Balaban J connectivity index is 2.25. The normalized spacial score (nSPS) is 10.1. The second-order valence-corrected chi connectivity index (χ2v) is 4.78. The number of nitrogens with two attached hydrogens (primary N) is 1. The standard InChI is InChI=1S/C12H9BrClN3O/c13-8-3-1-2-4-9(8)16-12(18)7-5-10(14)17-11(15)6-7/h1-6H,(H2,15,17)(H,16,18). The van der Waals surface area contributed by atoms with Crippen LogP contribution in [0.1, 0.15) is 10.4 Å².